The molecule has 0 unspecified atom stereocenters. The third kappa shape index (κ3) is 3.72. The summed E-state index contributed by atoms with van der Waals surface area (Å²) in [6, 6.07) is 8.11. The van der Waals surface area contributed by atoms with E-state index < -0.39 is 0 Å². The van der Waals surface area contributed by atoms with E-state index in [1.54, 1.807) is 14.0 Å². The zero-order chi connectivity index (χ0) is 21.3. The van der Waals surface area contributed by atoms with E-state index >= 15 is 0 Å². The van der Waals surface area contributed by atoms with E-state index in [2.05, 4.69) is 35.4 Å². The van der Waals surface area contributed by atoms with Crippen LogP contribution in [0.2, 0.25) is 0 Å². The van der Waals surface area contributed by atoms with Gasteiger partial charge in [0, 0.05) is 17.3 Å². The highest BCUT2D eigenvalue weighted by molar-refractivity contribution is 5.83. The molecule has 0 atom stereocenters. The number of hydrogen-bond acceptors (Lipinski definition) is 7. The summed E-state index contributed by atoms with van der Waals surface area (Å²) in [7, 11) is 1.68. The number of methoxy groups -OCH3 is 1. The van der Waals surface area contributed by atoms with Crippen molar-refractivity contribution in [3.8, 4) is 16.9 Å². The van der Waals surface area contributed by atoms with Gasteiger partial charge in [0.2, 0.25) is 5.89 Å². The Morgan fingerprint density at radius 2 is 1.97 bits per heavy atom. The molecule has 1 N–H and O–H groups in total. The summed E-state index contributed by atoms with van der Waals surface area (Å²) in [6.07, 6.45) is 1.89. The third-order valence-electron chi connectivity index (χ3n) is 5.02. The molecular weight excluding hydrogens is 380 g/mol. The Morgan fingerprint density at radius 3 is 2.63 bits per heavy atom. The quantitative estimate of drug-likeness (QED) is 0.490. The Morgan fingerprint density at radius 1 is 1.13 bits per heavy atom. The fourth-order valence-electron chi connectivity index (χ4n) is 3.62. The fraction of sp³-hybridized carbons (Fsp3) is 0.364. The van der Waals surface area contributed by atoms with Gasteiger partial charge in [-0.25, -0.2) is 4.98 Å². The van der Waals surface area contributed by atoms with Crippen LogP contribution < -0.4 is 10.1 Å². The number of ether oxygens (including phenoxy) is 1. The van der Waals surface area contributed by atoms with Crippen molar-refractivity contribution < 1.29 is 9.26 Å². The van der Waals surface area contributed by atoms with Crippen LogP contribution in [0.4, 0.5) is 5.82 Å². The Balaban J connectivity index is 1.82. The molecule has 4 rings (SSSR count). The van der Waals surface area contributed by atoms with Crippen molar-refractivity contribution in [3.63, 3.8) is 0 Å². The molecule has 0 aliphatic rings. The van der Waals surface area contributed by atoms with E-state index in [9.17, 15) is 0 Å². The zero-order valence-electron chi connectivity index (χ0n) is 18.0. The number of hydrogen-bond donors (Lipinski definition) is 1. The molecule has 156 valence electrons. The van der Waals surface area contributed by atoms with E-state index in [-0.39, 0.29) is 0 Å². The minimum Gasteiger partial charge on any atom is -0.497 e. The highest BCUT2D eigenvalue weighted by Gasteiger charge is 2.18. The smallest absolute Gasteiger partial charge is 0.245 e. The maximum absolute atomic E-state index is 5.36. The largest absolute Gasteiger partial charge is 0.497 e. The summed E-state index contributed by atoms with van der Waals surface area (Å²) < 4.78 is 12.5. The second-order valence-electron chi connectivity index (χ2n) is 7.35. The predicted molar refractivity (Wildman–Crippen MR) is 115 cm³/mol. The van der Waals surface area contributed by atoms with E-state index in [1.807, 2.05) is 29.6 Å². The summed E-state index contributed by atoms with van der Waals surface area (Å²) in [5.74, 6) is 2.83. The minimum absolute atomic E-state index is 0.418. The van der Waals surface area contributed by atoms with Crippen molar-refractivity contribution in [2.24, 2.45) is 0 Å². The molecule has 0 radical (unpaired) electrons. The van der Waals surface area contributed by atoms with Gasteiger partial charge >= 0.3 is 0 Å². The van der Waals surface area contributed by atoms with Crippen molar-refractivity contribution >= 4 is 11.5 Å². The van der Waals surface area contributed by atoms with Gasteiger partial charge in [-0.05, 0) is 50.5 Å². The molecule has 0 aliphatic heterocycles. The first kappa shape index (κ1) is 19.9. The van der Waals surface area contributed by atoms with E-state index in [0.29, 0.717) is 18.3 Å². The highest BCUT2D eigenvalue weighted by Crippen LogP contribution is 2.33. The summed E-state index contributed by atoms with van der Waals surface area (Å²) in [6.45, 7) is 8.46. The summed E-state index contributed by atoms with van der Waals surface area (Å²) in [5, 5.41) is 12.0. The summed E-state index contributed by atoms with van der Waals surface area (Å²) in [4.78, 5) is 9.21. The van der Waals surface area contributed by atoms with Gasteiger partial charge in [0.1, 0.15) is 11.6 Å². The Bertz CT molecular complexity index is 1190. The number of nitrogens with one attached hydrogen (secondary N) is 1. The van der Waals surface area contributed by atoms with Crippen LogP contribution in [0.3, 0.4) is 0 Å². The molecule has 8 heteroatoms. The van der Waals surface area contributed by atoms with Crippen LogP contribution in [0, 0.1) is 20.8 Å². The molecule has 0 amide bonds. The minimum atomic E-state index is 0.418. The lowest BCUT2D eigenvalue weighted by Crippen LogP contribution is -2.08. The molecule has 1 aromatic carbocycles. The fourth-order valence-corrected chi connectivity index (χ4v) is 3.62. The maximum Gasteiger partial charge on any atom is 0.245 e. The first-order chi connectivity index (χ1) is 14.5. The monoisotopic (exact) mass is 406 g/mol. The second kappa shape index (κ2) is 8.14. The first-order valence-corrected chi connectivity index (χ1v) is 10.1. The Labute approximate surface area is 175 Å². The van der Waals surface area contributed by atoms with Crippen molar-refractivity contribution in [1.82, 2.24) is 24.7 Å². The van der Waals surface area contributed by atoms with Gasteiger partial charge in [0.15, 0.2) is 11.5 Å². The molecule has 8 nitrogen and oxygen atoms in total. The van der Waals surface area contributed by atoms with Gasteiger partial charge in [-0.1, -0.05) is 24.6 Å². The molecular formula is C22H26N6O2. The molecule has 0 fully saturated rings. The normalized spacial score (nSPS) is 11.2. The topological polar surface area (TPSA) is 90.4 Å². The van der Waals surface area contributed by atoms with Gasteiger partial charge in [0.05, 0.1) is 19.3 Å². The van der Waals surface area contributed by atoms with Crippen LogP contribution >= 0.6 is 0 Å². The molecule has 0 spiro atoms. The summed E-state index contributed by atoms with van der Waals surface area (Å²) in [5.41, 5.74) is 6.01. The molecule has 0 aliphatic carbocycles. The van der Waals surface area contributed by atoms with Gasteiger partial charge in [-0.3, -0.25) is 0 Å². The third-order valence-corrected chi connectivity index (χ3v) is 5.02. The lowest BCUT2D eigenvalue weighted by Gasteiger charge is -2.11. The zero-order valence-corrected chi connectivity index (χ0v) is 18.0. The van der Waals surface area contributed by atoms with Crippen LogP contribution in [0.1, 0.15) is 42.0 Å². The van der Waals surface area contributed by atoms with Crippen LogP contribution in [-0.4, -0.2) is 31.8 Å². The molecule has 30 heavy (non-hydrogen) atoms. The van der Waals surface area contributed by atoms with Gasteiger partial charge in [0.25, 0.3) is 0 Å². The van der Waals surface area contributed by atoms with Gasteiger partial charge in [-0.2, -0.15) is 14.6 Å². The lowest BCUT2D eigenvalue weighted by molar-refractivity contribution is 0.379. The molecule has 4 aromatic rings. The standard InChI is InChI=1S/C22H26N6O2/c1-6-7-16-11-19(23-12-20-24-15(4)27-30-20)28-22(25-16)21(14(3)26-28)18-9-8-17(29-5)10-13(18)2/h8-11,23H,6-7,12H2,1-5H3. The number of rotatable bonds is 7. The van der Waals surface area contributed by atoms with Crippen LogP contribution in [0.15, 0.2) is 28.8 Å². The van der Waals surface area contributed by atoms with Gasteiger partial charge in [-0.15, -0.1) is 0 Å². The molecule has 0 bridgehead atoms. The number of nitrogens with zero attached hydrogens (tertiary/aromatic N) is 5. The van der Waals surface area contributed by atoms with E-state index in [0.717, 1.165) is 58.1 Å². The summed E-state index contributed by atoms with van der Waals surface area (Å²) >= 11 is 0. The molecule has 3 aromatic heterocycles. The maximum atomic E-state index is 5.36. The number of fused-ring (bicyclic) bond motifs is 1. The Hall–Kier alpha value is -3.42. The lowest BCUT2D eigenvalue weighted by atomic mass is 10.0. The average molecular weight is 406 g/mol. The van der Waals surface area contributed by atoms with Crippen LogP contribution in [0.5, 0.6) is 5.75 Å². The predicted octanol–water partition coefficient (Wildman–Crippen LogP) is 4.28. The van der Waals surface area contributed by atoms with Crippen molar-refractivity contribution in [3.05, 3.63) is 52.9 Å². The van der Waals surface area contributed by atoms with Crippen molar-refractivity contribution in [2.75, 3.05) is 12.4 Å². The van der Waals surface area contributed by atoms with E-state index in [1.165, 1.54) is 0 Å². The number of aryl methyl sites for hydroxylation is 4. The Kier molecular flexibility index (Phi) is 5.39. The van der Waals surface area contributed by atoms with Crippen LogP contribution in [-0.2, 0) is 13.0 Å². The van der Waals surface area contributed by atoms with E-state index in [4.69, 9.17) is 19.3 Å². The first-order valence-electron chi connectivity index (χ1n) is 10.1. The molecule has 0 saturated carbocycles. The SMILES string of the molecule is CCCc1cc(NCc2nc(C)no2)n2nc(C)c(-c3ccc(OC)cc3C)c2n1. The highest BCUT2D eigenvalue weighted by atomic mass is 16.5. The average Bonchev–Trinajstić information content (AvgIpc) is 3.29. The van der Waals surface area contributed by atoms with Crippen LogP contribution in [0.25, 0.3) is 16.8 Å². The van der Waals surface area contributed by atoms with Crippen molar-refractivity contribution in [2.45, 2.75) is 47.1 Å². The van der Waals surface area contributed by atoms with Gasteiger partial charge < -0.3 is 14.6 Å². The molecule has 3 heterocycles. The number of anilines is 1. The number of benzene rings is 1. The number of aromatic nitrogens is 5. The van der Waals surface area contributed by atoms with Crippen molar-refractivity contribution in [1.29, 1.82) is 0 Å². The molecule has 0 saturated heterocycles. The second-order valence-corrected chi connectivity index (χ2v) is 7.35.